The van der Waals surface area contributed by atoms with Crippen LogP contribution < -0.4 is 4.90 Å². The number of hydrogen-bond acceptors (Lipinski definition) is 5. The second-order valence-corrected chi connectivity index (χ2v) is 4.78. The van der Waals surface area contributed by atoms with Crippen molar-refractivity contribution in [2.45, 2.75) is 6.42 Å². The lowest BCUT2D eigenvalue weighted by molar-refractivity contribution is 0.112. The molecule has 0 amide bonds. The van der Waals surface area contributed by atoms with Crippen LogP contribution in [0, 0.1) is 0 Å². The number of carbonyl (C=O) groups excluding carboxylic acids is 1. The molecule has 4 nitrogen and oxygen atoms in total. The lowest BCUT2D eigenvalue weighted by Gasteiger charge is -2.17. The zero-order chi connectivity index (χ0) is 11.3. The molecular weight excluding hydrogens is 210 g/mol. The average Bonchev–Trinajstić information content (AvgIpc) is 2.65. The Bertz CT molecular complexity index is 311. The molecule has 0 aliphatic rings. The minimum absolute atomic E-state index is 0.685. The predicted octanol–water partition coefficient (Wildman–Crippen LogP) is 1.34. The summed E-state index contributed by atoms with van der Waals surface area (Å²) in [6.07, 6.45) is 3.56. The van der Waals surface area contributed by atoms with E-state index in [0.717, 1.165) is 30.9 Å². The number of aldehydes is 1. The van der Waals surface area contributed by atoms with Gasteiger partial charge in [-0.05, 0) is 27.1 Å². The topological polar surface area (TPSA) is 36.4 Å². The summed E-state index contributed by atoms with van der Waals surface area (Å²) in [5.74, 6) is 0. The Morgan fingerprint density at radius 3 is 2.67 bits per heavy atom. The number of nitrogens with zero attached hydrogens (tertiary/aromatic N) is 3. The van der Waals surface area contributed by atoms with Gasteiger partial charge in [-0.1, -0.05) is 11.3 Å². The molecule has 0 N–H and O–H groups in total. The molecule has 0 spiro atoms. The normalized spacial score (nSPS) is 10.7. The molecule has 0 aliphatic carbocycles. The van der Waals surface area contributed by atoms with Gasteiger partial charge < -0.3 is 9.80 Å². The summed E-state index contributed by atoms with van der Waals surface area (Å²) in [7, 11) is 6.13. The van der Waals surface area contributed by atoms with E-state index in [9.17, 15) is 4.79 Å². The van der Waals surface area contributed by atoms with Crippen LogP contribution in [0.4, 0.5) is 5.13 Å². The molecule has 0 aliphatic heterocycles. The highest BCUT2D eigenvalue weighted by atomic mass is 32.1. The molecule has 0 saturated carbocycles. The van der Waals surface area contributed by atoms with Crippen LogP contribution in [0.25, 0.3) is 0 Å². The summed E-state index contributed by atoms with van der Waals surface area (Å²) >= 11 is 1.43. The van der Waals surface area contributed by atoms with Gasteiger partial charge in [0, 0.05) is 13.6 Å². The lowest BCUT2D eigenvalue weighted by Crippen LogP contribution is -2.23. The van der Waals surface area contributed by atoms with Gasteiger partial charge in [-0.2, -0.15) is 0 Å². The lowest BCUT2D eigenvalue weighted by atomic mass is 10.4. The summed E-state index contributed by atoms with van der Waals surface area (Å²) in [6.45, 7) is 2.03. The maximum absolute atomic E-state index is 10.5. The Morgan fingerprint density at radius 1 is 1.40 bits per heavy atom. The molecule has 0 aromatic carbocycles. The standard InChI is InChI=1S/C10H17N3OS/c1-12(2)5-4-6-13(3)10-11-7-9(8-14)15-10/h7-8H,4-6H2,1-3H3. The second kappa shape index (κ2) is 5.82. The fraction of sp³-hybridized carbons (Fsp3) is 0.600. The van der Waals surface area contributed by atoms with Gasteiger partial charge in [-0.25, -0.2) is 4.98 Å². The van der Waals surface area contributed by atoms with Crippen LogP contribution in [0.5, 0.6) is 0 Å². The number of carbonyl (C=O) groups is 1. The Balaban J connectivity index is 2.39. The third-order valence-electron chi connectivity index (χ3n) is 2.05. The van der Waals surface area contributed by atoms with E-state index >= 15 is 0 Å². The maximum atomic E-state index is 10.5. The monoisotopic (exact) mass is 227 g/mol. The van der Waals surface area contributed by atoms with Gasteiger partial charge in [0.15, 0.2) is 11.4 Å². The predicted molar refractivity (Wildman–Crippen MR) is 63.9 cm³/mol. The first-order valence-corrected chi connectivity index (χ1v) is 5.72. The highest BCUT2D eigenvalue weighted by Gasteiger charge is 2.06. The fourth-order valence-corrected chi connectivity index (χ4v) is 1.94. The first-order chi connectivity index (χ1) is 7.13. The van der Waals surface area contributed by atoms with Crippen LogP contribution in [0.1, 0.15) is 16.1 Å². The Labute approximate surface area is 94.5 Å². The third kappa shape index (κ3) is 3.97. The SMILES string of the molecule is CN(C)CCCN(C)c1ncc(C=O)s1. The highest BCUT2D eigenvalue weighted by Crippen LogP contribution is 2.19. The minimum Gasteiger partial charge on any atom is -0.351 e. The quantitative estimate of drug-likeness (QED) is 0.687. The van der Waals surface area contributed by atoms with Crippen molar-refractivity contribution in [3.8, 4) is 0 Å². The van der Waals surface area contributed by atoms with Crippen LogP contribution in [-0.2, 0) is 0 Å². The van der Waals surface area contributed by atoms with Crippen molar-refractivity contribution >= 4 is 22.8 Å². The molecule has 0 radical (unpaired) electrons. The van der Waals surface area contributed by atoms with E-state index in [0.29, 0.717) is 4.88 Å². The summed E-state index contributed by atoms with van der Waals surface area (Å²) < 4.78 is 0. The molecule has 84 valence electrons. The molecular formula is C10H17N3OS. The third-order valence-corrected chi connectivity index (χ3v) is 3.09. The first-order valence-electron chi connectivity index (χ1n) is 4.90. The molecule has 1 aromatic heterocycles. The fourth-order valence-electron chi connectivity index (χ4n) is 1.23. The number of hydrogen-bond donors (Lipinski definition) is 0. The van der Waals surface area contributed by atoms with E-state index in [-0.39, 0.29) is 0 Å². The van der Waals surface area contributed by atoms with Gasteiger partial charge in [0.1, 0.15) is 0 Å². The summed E-state index contributed by atoms with van der Waals surface area (Å²) in [6, 6.07) is 0. The van der Waals surface area contributed by atoms with E-state index < -0.39 is 0 Å². The van der Waals surface area contributed by atoms with E-state index in [2.05, 4.69) is 28.9 Å². The van der Waals surface area contributed by atoms with Gasteiger partial charge in [-0.3, -0.25) is 4.79 Å². The molecule has 0 atom stereocenters. The van der Waals surface area contributed by atoms with Crippen molar-refractivity contribution in [1.29, 1.82) is 0 Å². The van der Waals surface area contributed by atoms with Gasteiger partial charge in [0.2, 0.25) is 0 Å². The largest absolute Gasteiger partial charge is 0.351 e. The van der Waals surface area contributed by atoms with E-state index in [1.807, 2.05) is 7.05 Å². The van der Waals surface area contributed by atoms with Crippen LogP contribution in [0.2, 0.25) is 0 Å². The average molecular weight is 227 g/mol. The molecule has 0 saturated heterocycles. The zero-order valence-corrected chi connectivity index (χ0v) is 10.3. The second-order valence-electron chi connectivity index (χ2n) is 3.74. The van der Waals surface area contributed by atoms with Crippen molar-refractivity contribution in [2.75, 3.05) is 39.1 Å². The van der Waals surface area contributed by atoms with Crippen molar-refractivity contribution < 1.29 is 4.79 Å². The van der Waals surface area contributed by atoms with E-state index in [1.54, 1.807) is 6.20 Å². The molecule has 1 heterocycles. The first kappa shape index (κ1) is 12.1. The van der Waals surface area contributed by atoms with Crippen LogP contribution in [-0.4, -0.2) is 50.4 Å². The van der Waals surface area contributed by atoms with E-state index in [4.69, 9.17) is 0 Å². The molecule has 1 rings (SSSR count). The molecule has 0 bridgehead atoms. The van der Waals surface area contributed by atoms with Crippen molar-refractivity contribution in [3.63, 3.8) is 0 Å². The summed E-state index contributed by atoms with van der Waals surface area (Å²) in [5, 5.41) is 0.913. The van der Waals surface area contributed by atoms with Gasteiger partial charge in [0.05, 0.1) is 11.1 Å². The molecule has 0 fully saturated rings. The maximum Gasteiger partial charge on any atom is 0.185 e. The van der Waals surface area contributed by atoms with Crippen LogP contribution >= 0.6 is 11.3 Å². The molecule has 15 heavy (non-hydrogen) atoms. The minimum atomic E-state index is 0.685. The van der Waals surface area contributed by atoms with Crippen LogP contribution in [0.3, 0.4) is 0 Å². The number of thiazole rings is 1. The Kier molecular flexibility index (Phi) is 4.71. The Morgan fingerprint density at radius 2 is 2.13 bits per heavy atom. The van der Waals surface area contributed by atoms with E-state index in [1.165, 1.54) is 11.3 Å². The smallest absolute Gasteiger partial charge is 0.185 e. The van der Waals surface area contributed by atoms with Gasteiger partial charge in [0.25, 0.3) is 0 Å². The summed E-state index contributed by atoms with van der Waals surface area (Å²) in [4.78, 5) is 19.6. The van der Waals surface area contributed by atoms with Gasteiger partial charge >= 0.3 is 0 Å². The number of anilines is 1. The van der Waals surface area contributed by atoms with Crippen molar-refractivity contribution in [2.24, 2.45) is 0 Å². The zero-order valence-electron chi connectivity index (χ0n) is 9.43. The summed E-state index contributed by atoms with van der Waals surface area (Å²) in [5.41, 5.74) is 0. The number of aromatic nitrogens is 1. The Hall–Kier alpha value is -0.940. The molecule has 5 heteroatoms. The molecule has 0 unspecified atom stereocenters. The number of rotatable bonds is 6. The van der Waals surface area contributed by atoms with Crippen LogP contribution in [0.15, 0.2) is 6.20 Å². The molecule has 1 aromatic rings. The van der Waals surface area contributed by atoms with Crippen molar-refractivity contribution in [1.82, 2.24) is 9.88 Å². The van der Waals surface area contributed by atoms with Gasteiger partial charge in [-0.15, -0.1) is 0 Å². The highest BCUT2D eigenvalue weighted by molar-refractivity contribution is 7.17. The van der Waals surface area contributed by atoms with Crippen molar-refractivity contribution in [3.05, 3.63) is 11.1 Å².